The number of hydrogen-bond donors (Lipinski definition) is 5. The number of phenolic OH excluding ortho intramolecular Hbond substituents is 2. The van der Waals surface area contributed by atoms with E-state index in [1.54, 1.807) is 20.8 Å². The fraction of sp³-hybridized carbons (Fsp3) is 0.467. The van der Waals surface area contributed by atoms with Crippen LogP contribution in [0.2, 0.25) is 0 Å². The first-order valence-electron chi connectivity index (χ1n) is 13.6. The summed E-state index contributed by atoms with van der Waals surface area (Å²) < 4.78 is 17.3. The molecule has 12 nitrogen and oxygen atoms in total. The number of aliphatic hydroxyl groups is 3. The molecule has 12 heteroatoms. The molecule has 5 N–H and O–H groups in total. The first-order valence-corrected chi connectivity index (χ1v) is 13.6. The van der Waals surface area contributed by atoms with Crippen LogP contribution in [0.3, 0.4) is 0 Å². The lowest BCUT2D eigenvalue weighted by Gasteiger charge is -2.42. The molecule has 2 aliphatic carbocycles. The third-order valence-corrected chi connectivity index (χ3v) is 8.15. The average molecular weight is 584 g/mol. The van der Waals surface area contributed by atoms with E-state index < -0.39 is 95.7 Å². The van der Waals surface area contributed by atoms with E-state index in [2.05, 4.69) is 4.99 Å². The van der Waals surface area contributed by atoms with Gasteiger partial charge in [-0.05, 0) is 26.8 Å². The fourth-order valence-electron chi connectivity index (χ4n) is 6.15. The molecule has 1 fully saturated rings. The number of Topliss-reactive ketones (excluding diaryl/α,β-unsaturated/α-hetero) is 1. The van der Waals surface area contributed by atoms with Crippen molar-refractivity contribution in [3.63, 3.8) is 0 Å². The molecule has 2 aromatic rings. The molecular weight excluding hydrogens is 550 g/mol. The molecule has 2 aromatic carbocycles. The largest absolute Gasteiger partial charge is 0.507 e. The van der Waals surface area contributed by atoms with E-state index in [0.29, 0.717) is 5.71 Å². The minimum absolute atomic E-state index is 0.0484. The number of hydrogen-bond acceptors (Lipinski definition) is 12. The number of ether oxygens (including phenoxy) is 3. The molecule has 224 valence electrons. The summed E-state index contributed by atoms with van der Waals surface area (Å²) in [4.78, 5) is 44.5. The predicted octanol–water partition coefficient (Wildman–Crippen LogP) is 1.52. The summed E-state index contributed by atoms with van der Waals surface area (Å²) in [6.45, 7) is 4.16. The number of aliphatic hydroxyl groups excluding tert-OH is 2. The Morgan fingerprint density at radius 2 is 1.81 bits per heavy atom. The topological polar surface area (TPSA) is 192 Å². The Morgan fingerprint density at radius 1 is 1.12 bits per heavy atom. The molecule has 0 bridgehead atoms. The quantitative estimate of drug-likeness (QED) is 0.209. The van der Waals surface area contributed by atoms with Gasteiger partial charge in [-0.3, -0.25) is 19.4 Å². The van der Waals surface area contributed by atoms with E-state index in [-0.39, 0.29) is 34.4 Å². The van der Waals surface area contributed by atoms with Crippen LogP contribution in [0.15, 0.2) is 23.2 Å². The Kier molecular flexibility index (Phi) is 7.71. The molecule has 1 heterocycles. The number of aliphatic imine (C=N–C) groups is 1. The van der Waals surface area contributed by atoms with Crippen LogP contribution in [0, 0.1) is 0 Å². The van der Waals surface area contributed by atoms with Crippen LogP contribution < -0.4 is 4.74 Å². The standard InChI is InChI=1S/C30H33NO11/c1-12(2)31-16-8-20(41-13(3)25(16)34)42-18-10-30(39,19(33)11-32)9-15-22(18)29(38)24-23(27(15)36)26(35)14-6-5-7-17(40-4)21(14)28(24)37/h5-7,13,16,18,20,25,32,34,36,38-39H,8-11H2,1-4H3/t13-,16-,18-,20-,25+,30-/m0/s1. The summed E-state index contributed by atoms with van der Waals surface area (Å²) >= 11 is 0. The Balaban J connectivity index is 1.66. The third kappa shape index (κ3) is 4.69. The second kappa shape index (κ2) is 10.9. The number of ketones is 3. The number of rotatable bonds is 6. The number of fused-ring (bicyclic) bond motifs is 3. The van der Waals surface area contributed by atoms with Crippen molar-refractivity contribution in [3.8, 4) is 17.2 Å². The molecule has 0 radical (unpaired) electrons. The summed E-state index contributed by atoms with van der Waals surface area (Å²) in [5, 5.41) is 54.6. The number of carbonyl (C=O) groups excluding carboxylic acids is 3. The molecule has 5 rings (SSSR count). The maximum atomic E-state index is 13.7. The molecule has 6 atom stereocenters. The second-order valence-corrected chi connectivity index (χ2v) is 11.1. The van der Waals surface area contributed by atoms with Crippen molar-refractivity contribution in [2.24, 2.45) is 4.99 Å². The van der Waals surface area contributed by atoms with Crippen LogP contribution in [-0.4, -0.2) is 92.5 Å². The van der Waals surface area contributed by atoms with Crippen molar-refractivity contribution in [3.05, 3.63) is 51.6 Å². The van der Waals surface area contributed by atoms with E-state index in [1.807, 2.05) is 0 Å². The van der Waals surface area contributed by atoms with Crippen LogP contribution in [0.4, 0.5) is 0 Å². The van der Waals surface area contributed by atoms with Crippen LogP contribution in [0.1, 0.15) is 82.7 Å². The Hall–Kier alpha value is -3.68. The average Bonchev–Trinajstić information content (AvgIpc) is 2.94. The molecule has 42 heavy (non-hydrogen) atoms. The van der Waals surface area contributed by atoms with Gasteiger partial charge in [-0.1, -0.05) is 12.1 Å². The van der Waals surface area contributed by atoms with E-state index in [0.717, 1.165) is 0 Å². The van der Waals surface area contributed by atoms with Gasteiger partial charge in [0.1, 0.15) is 35.6 Å². The Bertz CT molecular complexity index is 1510. The maximum Gasteiger partial charge on any atom is 0.202 e. The summed E-state index contributed by atoms with van der Waals surface area (Å²) in [7, 11) is 1.33. The van der Waals surface area contributed by atoms with Crippen LogP contribution in [0.5, 0.6) is 17.2 Å². The lowest BCUT2D eigenvalue weighted by Crippen LogP contribution is -2.50. The molecule has 0 unspecified atom stereocenters. The second-order valence-electron chi connectivity index (χ2n) is 11.1. The van der Waals surface area contributed by atoms with Crippen molar-refractivity contribution in [1.29, 1.82) is 0 Å². The summed E-state index contributed by atoms with van der Waals surface area (Å²) in [6, 6.07) is 3.79. The van der Waals surface area contributed by atoms with Crippen LogP contribution >= 0.6 is 0 Å². The smallest absolute Gasteiger partial charge is 0.202 e. The van der Waals surface area contributed by atoms with Gasteiger partial charge in [0.2, 0.25) is 5.78 Å². The zero-order chi connectivity index (χ0) is 30.7. The molecule has 0 aromatic heterocycles. The highest BCUT2D eigenvalue weighted by Gasteiger charge is 2.50. The molecule has 3 aliphatic rings. The lowest BCUT2D eigenvalue weighted by molar-refractivity contribution is -0.247. The normalized spacial score (nSPS) is 28.4. The number of nitrogens with zero attached hydrogens (tertiary/aromatic N) is 1. The number of methoxy groups -OCH3 is 1. The molecule has 1 aliphatic heterocycles. The minimum Gasteiger partial charge on any atom is -0.507 e. The SMILES string of the molecule is COc1cccc2c1C(=O)c1c(O)c3c(c(O)c1C2=O)C[C@@](O)(C(=O)CO)C[C@@H]3O[C@H]1C[C@H](N=C(C)C)[C@H](O)[C@H](C)O1. The maximum absolute atomic E-state index is 13.7. The van der Waals surface area contributed by atoms with Crippen molar-refractivity contribution in [2.75, 3.05) is 13.7 Å². The van der Waals surface area contributed by atoms with Crippen LogP contribution in [-0.2, 0) is 20.7 Å². The fourth-order valence-corrected chi connectivity index (χ4v) is 6.15. The Labute approximate surface area is 241 Å². The van der Waals surface area contributed by atoms with Gasteiger partial charge in [-0.2, -0.15) is 0 Å². The van der Waals surface area contributed by atoms with E-state index >= 15 is 0 Å². The molecule has 0 spiro atoms. The van der Waals surface area contributed by atoms with Crippen molar-refractivity contribution in [2.45, 2.75) is 76.3 Å². The number of carbonyl (C=O) groups is 3. The van der Waals surface area contributed by atoms with Gasteiger partial charge in [0.05, 0.1) is 42.0 Å². The third-order valence-electron chi connectivity index (χ3n) is 8.15. The Morgan fingerprint density at radius 3 is 2.45 bits per heavy atom. The monoisotopic (exact) mass is 583 g/mol. The van der Waals surface area contributed by atoms with Gasteiger partial charge in [0.25, 0.3) is 0 Å². The molecule has 0 amide bonds. The number of aromatic hydroxyl groups is 2. The first-order chi connectivity index (χ1) is 19.8. The van der Waals surface area contributed by atoms with Crippen LogP contribution in [0.25, 0.3) is 0 Å². The number of phenols is 2. The highest BCUT2D eigenvalue weighted by atomic mass is 16.7. The zero-order valence-electron chi connectivity index (χ0n) is 23.6. The lowest BCUT2D eigenvalue weighted by atomic mass is 9.72. The molecule has 0 saturated carbocycles. The number of benzene rings is 2. The van der Waals surface area contributed by atoms with Gasteiger partial charge in [0.15, 0.2) is 17.9 Å². The highest BCUT2D eigenvalue weighted by Crippen LogP contribution is 2.52. The minimum atomic E-state index is -2.25. The van der Waals surface area contributed by atoms with Crippen molar-refractivity contribution < 1.29 is 54.1 Å². The van der Waals surface area contributed by atoms with Crippen molar-refractivity contribution in [1.82, 2.24) is 0 Å². The zero-order valence-corrected chi connectivity index (χ0v) is 23.6. The summed E-state index contributed by atoms with van der Waals surface area (Å²) in [5.41, 5.74) is -2.88. The summed E-state index contributed by atoms with van der Waals surface area (Å²) in [5.74, 6) is -3.74. The van der Waals surface area contributed by atoms with E-state index in [4.69, 9.17) is 14.2 Å². The summed E-state index contributed by atoms with van der Waals surface area (Å²) in [6.07, 6.45) is -4.99. The van der Waals surface area contributed by atoms with Gasteiger partial charge in [0, 0.05) is 41.7 Å². The van der Waals surface area contributed by atoms with E-state index in [9.17, 15) is 39.9 Å². The van der Waals surface area contributed by atoms with Crippen molar-refractivity contribution >= 4 is 23.1 Å². The predicted molar refractivity (Wildman–Crippen MR) is 146 cm³/mol. The molecule has 1 saturated heterocycles. The first kappa shape index (κ1) is 29.8. The highest BCUT2D eigenvalue weighted by molar-refractivity contribution is 6.31. The van der Waals surface area contributed by atoms with Gasteiger partial charge < -0.3 is 39.7 Å². The van der Waals surface area contributed by atoms with Gasteiger partial charge in [-0.15, -0.1) is 0 Å². The molecular formula is C30H33NO11. The van der Waals surface area contributed by atoms with Gasteiger partial charge in [-0.25, -0.2) is 0 Å². The van der Waals surface area contributed by atoms with Gasteiger partial charge >= 0.3 is 0 Å². The van der Waals surface area contributed by atoms with E-state index in [1.165, 1.54) is 25.3 Å².